The summed E-state index contributed by atoms with van der Waals surface area (Å²) in [6, 6.07) is 12.3. The molecule has 3 aromatic rings. The van der Waals surface area contributed by atoms with Gasteiger partial charge in [0, 0.05) is 49.0 Å². The lowest BCUT2D eigenvalue weighted by molar-refractivity contribution is -0.137. The van der Waals surface area contributed by atoms with Gasteiger partial charge in [-0.2, -0.15) is 13.2 Å². The highest BCUT2D eigenvalue weighted by Crippen LogP contribution is 2.32. The summed E-state index contributed by atoms with van der Waals surface area (Å²) < 4.78 is 44.9. The SMILES string of the molecule is COc1cccc(NC(=O)CSc2nc(CC(=O)N3CCN(c4cccc(C(F)(F)F)c4)CC3)cs2)c1. The van der Waals surface area contributed by atoms with Crippen LogP contribution in [0, 0.1) is 0 Å². The van der Waals surface area contributed by atoms with Crippen molar-refractivity contribution in [3.05, 3.63) is 65.2 Å². The van der Waals surface area contributed by atoms with Crippen LogP contribution in [0.15, 0.2) is 58.3 Å². The van der Waals surface area contributed by atoms with E-state index in [0.29, 0.717) is 53.3 Å². The Morgan fingerprint density at radius 3 is 2.59 bits per heavy atom. The summed E-state index contributed by atoms with van der Waals surface area (Å²) in [7, 11) is 1.56. The molecule has 2 aromatic carbocycles. The van der Waals surface area contributed by atoms with Gasteiger partial charge in [0.2, 0.25) is 11.8 Å². The Morgan fingerprint density at radius 2 is 1.86 bits per heavy atom. The predicted molar refractivity (Wildman–Crippen MR) is 138 cm³/mol. The fraction of sp³-hybridized carbons (Fsp3) is 0.320. The molecule has 1 N–H and O–H groups in total. The number of nitrogens with zero attached hydrogens (tertiary/aromatic N) is 3. The molecule has 0 atom stereocenters. The van der Waals surface area contributed by atoms with Crippen LogP contribution in [-0.4, -0.2) is 60.7 Å². The fourth-order valence-electron chi connectivity index (χ4n) is 3.82. The Balaban J connectivity index is 1.23. The molecule has 1 saturated heterocycles. The second-order valence-electron chi connectivity index (χ2n) is 8.27. The molecule has 1 aliphatic rings. The molecule has 1 aromatic heterocycles. The van der Waals surface area contributed by atoms with E-state index in [4.69, 9.17) is 4.74 Å². The molecule has 7 nitrogen and oxygen atoms in total. The molecule has 0 radical (unpaired) electrons. The van der Waals surface area contributed by atoms with E-state index in [1.54, 1.807) is 47.7 Å². The van der Waals surface area contributed by atoms with E-state index in [-0.39, 0.29) is 24.0 Å². The summed E-state index contributed by atoms with van der Waals surface area (Å²) in [5.74, 6) is 0.568. The van der Waals surface area contributed by atoms with E-state index in [1.807, 2.05) is 4.90 Å². The average Bonchev–Trinajstić information content (AvgIpc) is 3.34. The van der Waals surface area contributed by atoms with Crippen LogP contribution in [0.25, 0.3) is 0 Å². The van der Waals surface area contributed by atoms with Crippen molar-refractivity contribution in [2.24, 2.45) is 0 Å². The molecule has 0 aliphatic carbocycles. The summed E-state index contributed by atoms with van der Waals surface area (Å²) in [6.45, 7) is 1.75. The van der Waals surface area contributed by atoms with Gasteiger partial charge in [0.1, 0.15) is 5.75 Å². The molecule has 12 heteroatoms. The van der Waals surface area contributed by atoms with Gasteiger partial charge >= 0.3 is 6.18 Å². The van der Waals surface area contributed by atoms with Gasteiger partial charge < -0.3 is 19.9 Å². The number of carbonyl (C=O) groups is 2. The maximum Gasteiger partial charge on any atom is 0.416 e. The smallest absolute Gasteiger partial charge is 0.416 e. The number of benzene rings is 2. The molecule has 4 rings (SSSR count). The van der Waals surface area contributed by atoms with Crippen molar-refractivity contribution in [2.75, 3.05) is 49.3 Å². The largest absolute Gasteiger partial charge is 0.497 e. The first kappa shape index (κ1) is 26.8. The number of amides is 2. The Hall–Kier alpha value is -3.25. The fourth-order valence-corrected chi connectivity index (χ4v) is 5.47. The number of hydrogen-bond donors (Lipinski definition) is 1. The molecule has 0 saturated carbocycles. The van der Waals surface area contributed by atoms with Crippen molar-refractivity contribution < 1.29 is 27.5 Å². The molecular weight excluding hydrogens is 525 g/mol. The number of nitrogens with one attached hydrogen (secondary N) is 1. The van der Waals surface area contributed by atoms with Crippen LogP contribution in [0.2, 0.25) is 0 Å². The van der Waals surface area contributed by atoms with Crippen LogP contribution >= 0.6 is 23.1 Å². The van der Waals surface area contributed by atoms with Crippen molar-refractivity contribution in [1.29, 1.82) is 0 Å². The Bertz CT molecular complexity index is 1240. The quantitative estimate of drug-likeness (QED) is 0.407. The maximum absolute atomic E-state index is 13.0. The van der Waals surface area contributed by atoms with Crippen LogP contribution in [-0.2, 0) is 22.2 Å². The van der Waals surface area contributed by atoms with Crippen LogP contribution in [0.1, 0.15) is 11.3 Å². The first-order valence-corrected chi connectivity index (χ1v) is 13.3. The molecule has 1 fully saturated rings. The first-order chi connectivity index (χ1) is 17.7. The van der Waals surface area contributed by atoms with Gasteiger partial charge in [-0.25, -0.2) is 4.98 Å². The minimum Gasteiger partial charge on any atom is -0.497 e. The molecule has 37 heavy (non-hydrogen) atoms. The van der Waals surface area contributed by atoms with Crippen molar-refractivity contribution in [1.82, 2.24) is 9.88 Å². The number of aromatic nitrogens is 1. The molecule has 1 aliphatic heterocycles. The van der Waals surface area contributed by atoms with E-state index >= 15 is 0 Å². The highest BCUT2D eigenvalue weighted by molar-refractivity contribution is 8.01. The Morgan fingerprint density at radius 1 is 1.11 bits per heavy atom. The maximum atomic E-state index is 13.0. The first-order valence-electron chi connectivity index (χ1n) is 11.4. The van der Waals surface area contributed by atoms with Crippen molar-refractivity contribution in [3.8, 4) is 5.75 Å². The van der Waals surface area contributed by atoms with Gasteiger partial charge in [0.05, 0.1) is 30.5 Å². The van der Waals surface area contributed by atoms with E-state index in [9.17, 15) is 22.8 Å². The second-order valence-corrected chi connectivity index (χ2v) is 10.3. The molecule has 0 bridgehead atoms. The van der Waals surface area contributed by atoms with Gasteiger partial charge in [-0.3, -0.25) is 9.59 Å². The Kier molecular flexibility index (Phi) is 8.59. The molecule has 2 heterocycles. The predicted octanol–water partition coefficient (Wildman–Crippen LogP) is 4.79. The zero-order valence-electron chi connectivity index (χ0n) is 20.0. The van der Waals surface area contributed by atoms with Crippen molar-refractivity contribution in [2.45, 2.75) is 16.9 Å². The topological polar surface area (TPSA) is 74.8 Å². The molecule has 196 valence electrons. The number of ether oxygens (including phenoxy) is 1. The van der Waals surface area contributed by atoms with Gasteiger partial charge in [-0.1, -0.05) is 23.9 Å². The zero-order valence-corrected chi connectivity index (χ0v) is 21.6. The summed E-state index contributed by atoms with van der Waals surface area (Å²) in [5.41, 5.74) is 1.09. The summed E-state index contributed by atoms with van der Waals surface area (Å²) in [6.07, 6.45) is -4.26. The van der Waals surface area contributed by atoms with Gasteiger partial charge in [-0.05, 0) is 30.3 Å². The van der Waals surface area contributed by atoms with Crippen molar-refractivity contribution in [3.63, 3.8) is 0 Å². The van der Waals surface area contributed by atoms with Crippen LogP contribution in [0.5, 0.6) is 5.75 Å². The number of hydrogen-bond acceptors (Lipinski definition) is 7. The standard InChI is InChI=1S/C25H25F3N4O3S2/c1-35-21-7-3-5-18(13-21)29-22(33)16-37-24-30-19(15-36-24)14-23(34)32-10-8-31(9-11-32)20-6-2-4-17(12-20)25(26,27)28/h2-7,12-13,15H,8-11,14,16H2,1H3,(H,29,33). The lowest BCUT2D eigenvalue weighted by atomic mass is 10.1. The summed E-state index contributed by atoms with van der Waals surface area (Å²) in [5, 5.41) is 4.62. The second kappa shape index (κ2) is 11.9. The zero-order chi connectivity index (χ0) is 26.4. The molecule has 0 spiro atoms. The number of anilines is 2. The normalized spacial score (nSPS) is 13.9. The van der Waals surface area contributed by atoms with Gasteiger partial charge in [0.25, 0.3) is 0 Å². The molecular formula is C25H25F3N4O3S2. The van der Waals surface area contributed by atoms with E-state index in [0.717, 1.165) is 12.1 Å². The van der Waals surface area contributed by atoms with E-state index in [2.05, 4.69) is 10.3 Å². The van der Waals surface area contributed by atoms with E-state index in [1.165, 1.54) is 29.2 Å². The highest BCUT2D eigenvalue weighted by Gasteiger charge is 2.31. The number of piperazine rings is 1. The van der Waals surface area contributed by atoms with Gasteiger partial charge in [0.15, 0.2) is 4.34 Å². The molecule has 2 amide bonds. The minimum absolute atomic E-state index is 0.0821. The third-order valence-corrected chi connectivity index (χ3v) is 7.78. The number of methoxy groups -OCH3 is 1. The number of alkyl halides is 3. The number of carbonyl (C=O) groups excluding carboxylic acids is 2. The van der Waals surface area contributed by atoms with Crippen molar-refractivity contribution >= 4 is 46.3 Å². The molecule has 0 unspecified atom stereocenters. The average molecular weight is 551 g/mol. The lowest BCUT2D eigenvalue weighted by Gasteiger charge is -2.36. The third kappa shape index (κ3) is 7.39. The number of thioether (sulfide) groups is 1. The number of halogens is 3. The monoisotopic (exact) mass is 550 g/mol. The number of thiazole rings is 1. The summed E-state index contributed by atoms with van der Waals surface area (Å²) in [4.78, 5) is 33.1. The van der Waals surface area contributed by atoms with Crippen LogP contribution in [0.3, 0.4) is 0 Å². The minimum atomic E-state index is -4.39. The summed E-state index contributed by atoms with van der Waals surface area (Å²) >= 11 is 2.67. The number of rotatable bonds is 8. The van der Waals surface area contributed by atoms with E-state index < -0.39 is 11.7 Å². The Labute approximate surface area is 220 Å². The van der Waals surface area contributed by atoms with Gasteiger partial charge in [-0.15, -0.1) is 11.3 Å². The highest BCUT2D eigenvalue weighted by atomic mass is 32.2. The third-order valence-electron chi connectivity index (χ3n) is 5.71. The van der Waals surface area contributed by atoms with Crippen LogP contribution in [0.4, 0.5) is 24.5 Å². The lowest BCUT2D eigenvalue weighted by Crippen LogP contribution is -2.49. The van der Waals surface area contributed by atoms with Crippen LogP contribution < -0.4 is 15.0 Å².